The van der Waals surface area contributed by atoms with Crippen molar-refractivity contribution in [2.24, 2.45) is 0 Å². The maximum atomic E-state index is 10.9. The van der Waals surface area contributed by atoms with Gasteiger partial charge in [-0.05, 0) is 29.8 Å². The summed E-state index contributed by atoms with van der Waals surface area (Å²) < 4.78 is 0. The molecule has 0 saturated heterocycles. The van der Waals surface area contributed by atoms with Gasteiger partial charge in [-0.25, -0.2) is 4.79 Å². The highest BCUT2D eigenvalue weighted by Crippen LogP contribution is 2.21. The van der Waals surface area contributed by atoms with Crippen LogP contribution in [0.25, 0.3) is 0 Å². The van der Waals surface area contributed by atoms with Crippen molar-refractivity contribution in [3.8, 4) is 0 Å². The number of carbonyl (C=O) groups is 1. The Bertz CT molecular complexity index is 203. The molecule has 4 heteroatoms. The van der Waals surface area contributed by atoms with Gasteiger partial charge in [0, 0.05) is 0 Å². The Balaban J connectivity index is 3.85. The number of carboxylic acids is 1. The van der Waals surface area contributed by atoms with Crippen LogP contribution in [0.1, 0.15) is 39.5 Å². The van der Waals surface area contributed by atoms with Crippen LogP contribution in [-0.2, 0) is 4.79 Å². The van der Waals surface area contributed by atoms with Crippen LogP contribution in [0, 0.1) is 0 Å². The summed E-state index contributed by atoms with van der Waals surface area (Å²) in [5.74, 6) is 1.13. The maximum Gasteiger partial charge on any atom is 0.342 e. The van der Waals surface area contributed by atoms with Gasteiger partial charge in [-0.15, -0.1) is 23.5 Å². The van der Waals surface area contributed by atoms with Gasteiger partial charge in [-0.3, -0.25) is 0 Å². The average molecular weight is 248 g/mol. The van der Waals surface area contributed by atoms with Crippen LogP contribution < -0.4 is 0 Å². The molecule has 0 spiro atoms. The van der Waals surface area contributed by atoms with E-state index in [9.17, 15) is 4.79 Å². The fraction of sp³-hybridized carbons (Fsp3) is 0.727. The summed E-state index contributed by atoms with van der Waals surface area (Å²) in [6.45, 7) is 4.25. The topological polar surface area (TPSA) is 37.3 Å². The van der Waals surface area contributed by atoms with Gasteiger partial charge in [0.2, 0.25) is 0 Å². The number of carboxylic acid groups (broad SMARTS) is 1. The molecule has 0 amide bonds. The van der Waals surface area contributed by atoms with Crippen molar-refractivity contribution in [2.45, 2.75) is 39.5 Å². The first kappa shape index (κ1) is 14.9. The Hall–Kier alpha value is -0.0900. The maximum absolute atomic E-state index is 10.9. The average Bonchev–Trinajstić information content (AvgIpc) is 2.21. The van der Waals surface area contributed by atoms with Gasteiger partial charge >= 0.3 is 5.97 Å². The van der Waals surface area contributed by atoms with Crippen LogP contribution in [0.5, 0.6) is 0 Å². The molecule has 0 atom stereocenters. The molecule has 0 aliphatic rings. The molecule has 0 aromatic carbocycles. The number of aliphatic carboxylic acids is 1. The zero-order valence-corrected chi connectivity index (χ0v) is 11.1. The summed E-state index contributed by atoms with van der Waals surface area (Å²) >= 11 is 3.06. The van der Waals surface area contributed by atoms with Crippen LogP contribution in [0.2, 0.25) is 0 Å². The molecule has 2 nitrogen and oxygen atoms in total. The van der Waals surface area contributed by atoms with Gasteiger partial charge in [-0.1, -0.05) is 26.7 Å². The van der Waals surface area contributed by atoms with E-state index in [0.717, 1.165) is 37.2 Å². The highest BCUT2D eigenvalue weighted by molar-refractivity contribution is 8.06. The van der Waals surface area contributed by atoms with Crippen molar-refractivity contribution in [3.63, 3.8) is 0 Å². The molecule has 0 saturated carbocycles. The lowest BCUT2D eigenvalue weighted by Gasteiger charge is -2.01. The first-order valence-electron chi connectivity index (χ1n) is 5.40. The Kier molecular flexibility index (Phi) is 10.4. The normalized spacial score (nSPS) is 11.7. The SMILES string of the molecule is CCCCSC=C(SCCCC)C(=O)O. The molecule has 0 heterocycles. The van der Waals surface area contributed by atoms with E-state index in [1.54, 1.807) is 17.2 Å². The second kappa shape index (κ2) is 10.4. The van der Waals surface area contributed by atoms with Crippen LogP contribution >= 0.6 is 23.5 Å². The third kappa shape index (κ3) is 8.88. The predicted octanol–water partition coefficient (Wildman–Crippen LogP) is 3.98. The van der Waals surface area contributed by atoms with Crippen LogP contribution in [-0.4, -0.2) is 22.6 Å². The van der Waals surface area contributed by atoms with Crippen LogP contribution in [0.3, 0.4) is 0 Å². The van der Waals surface area contributed by atoms with E-state index in [-0.39, 0.29) is 0 Å². The first-order valence-corrected chi connectivity index (χ1v) is 7.43. The summed E-state index contributed by atoms with van der Waals surface area (Å²) in [7, 11) is 0. The summed E-state index contributed by atoms with van der Waals surface area (Å²) in [4.78, 5) is 11.3. The van der Waals surface area contributed by atoms with E-state index in [1.807, 2.05) is 0 Å². The quantitative estimate of drug-likeness (QED) is 0.495. The Morgan fingerprint density at radius 3 is 2.33 bits per heavy atom. The predicted molar refractivity (Wildman–Crippen MR) is 70.5 cm³/mol. The molecular weight excluding hydrogens is 228 g/mol. The largest absolute Gasteiger partial charge is 0.477 e. The second-order valence-corrected chi connectivity index (χ2v) is 5.33. The lowest BCUT2D eigenvalue weighted by molar-refractivity contribution is -0.131. The molecule has 0 bridgehead atoms. The van der Waals surface area contributed by atoms with Crippen molar-refractivity contribution in [1.29, 1.82) is 0 Å². The van der Waals surface area contributed by atoms with Crippen molar-refractivity contribution >= 4 is 29.5 Å². The van der Waals surface area contributed by atoms with E-state index in [1.165, 1.54) is 11.8 Å². The minimum absolute atomic E-state index is 0.490. The lowest BCUT2D eigenvalue weighted by Crippen LogP contribution is -1.97. The van der Waals surface area contributed by atoms with E-state index in [2.05, 4.69) is 13.8 Å². The molecule has 0 radical (unpaired) electrons. The number of rotatable bonds is 9. The van der Waals surface area contributed by atoms with Gasteiger partial charge in [0.15, 0.2) is 0 Å². The van der Waals surface area contributed by atoms with Gasteiger partial charge in [0.05, 0.1) is 4.91 Å². The van der Waals surface area contributed by atoms with E-state index in [0.29, 0.717) is 4.91 Å². The first-order chi connectivity index (χ1) is 7.22. The van der Waals surface area contributed by atoms with Gasteiger partial charge < -0.3 is 5.11 Å². The van der Waals surface area contributed by atoms with Crippen molar-refractivity contribution in [1.82, 2.24) is 0 Å². The van der Waals surface area contributed by atoms with E-state index in [4.69, 9.17) is 5.11 Å². The Morgan fingerprint density at radius 2 is 1.80 bits per heavy atom. The molecule has 0 fully saturated rings. The molecule has 88 valence electrons. The number of unbranched alkanes of at least 4 members (excludes halogenated alkanes) is 2. The molecule has 0 aliphatic carbocycles. The smallest absolute Gasteiger partial charge is 0.342 e. The number of hydrogen-bond donors (Lipinski definition) is 1. The monoisotopic (exact) mass is 248 g/mol. The highest BCUT2D eigenvalue weighted by Gasteiger charge is 2.06. The lowest BCUT2D eigenvalue weighted by atomic mass is 10.4. The summed E-state index contributed by atoms with van der Waals surface area (Å²) in [6, 6.07) is 0. The zero-order valence-electron chi connectivity index (χ0n) is 9.49. The van der Waals surface area contributed by atoms with E-state index >= 15 is 0 Å². The Morgan fingerprint density at radius 1 is 1.20 bits per heavy atom. The van der Waals surface area contributed by atoms with Crippen molar-refractivity contribution < 1.29 is 9.90 Å². The summed E-state index contributed by atoms with van der Waals surface area (Å²) in [5, 5.41) is 10.7. The zero-order chi connectivity index (χ0) is 11.5. The van der Waals surface area contributed by atoms with Crippen LogP contribution in [0.4, 0.5) is 0 Å². The second-order valence-electron chi connectivity index (χ2n) is 3.21. The molecule has 0 rings (SSSR count). The molecule has 0 aromatic heterocycles. The summed E-state index contributed by atoms with van der Waals surface area (Å²) in [6.07, 6.45) is 4.50. The van der Waals surface area contributed by atoms with E-state index < -0.39 is 5.97 Å². The number of hydrogen-bond acceptors (Lipinski definition) is 3. The molecular formula is C11H20O2S2. The third-order valence-corrected chi connectivity index (χ3v) is 3.94. The molecule has 0 aromatic rings. The molecule has 0 unspecified atom stereocenters. The molecule has 0 aliphatic heterocycles. The Labute approximate surface area is 101 Å². The number of thioether (sulfide) groups is 2. The van der Waals surface area contributed by atoms with Gasteiger partial charge in [0.25, 0.3) is 0 Å². The standard InChI is InChI=1S/C11H20O2S2/c1-3-5-7-14-9-10(11(12)13)15-8-6-4-2/h9H,3-8H2,1-2H3,(H,12,13). The van der Waals surface area contributed by atoms with Crippen molar-refractivity contribution in [3.05, 3.63) is 10.3 Å². The summed E-state index contributed by atoms with van der Waals surface area (Å²) in [5.41, 5.74) is 0. The molecule has 15 heavy (non-hydrogen) atoms. The third-order valence-electron chi connectivity index (χ3n) is 1.77. The molecule has 1 N–H and O–H groups in total. The minimum Gasteiger partial charge on any atom is -0.477 e. The van der Waals surface area contributed by atoms with Gasteiger partial charge in [0.1, 0.15) is 0 Å². The fourth-order valence-corrected chi connectivity index (χ4v) is 2.91. The van der Waals surface area contributed by atoms with Crippen molar-refractivity contribution in [2.75, 3.05) is 11.5 Å². The minimum atomic E-state index is -0.792. The highest BCUT2D eigenvalue weighted by atomic mass is 32.2. The fourth-order valence-electron chi connectivity index (χ4n) is 0.835. The van der Waals surface area contributed by atoms with Crippen LogP contribution in [0.15, 0.2) is 10.3 Å². The van der Waals surface area contributed by atoms with Gasteiger partial charge in [-0.2, -0.15) is 0 Å².